The Balaban J connectivity index is 1.74. The molecule has 0 aliphatic carbocycles. The van der Waals surface area contributed by atoms with Gasteiger partial charge in [-0.3, -0.25) is 4.79 Å². The molecule has 0 radical (unpaired) electrons. The van der Waals surface area contributed by atoms with E-state index < -0.39 is 5.60 Å². The summed E-state index contributed by atoms with van der Waals surface area (Å²) in [6.07, 6.45) is 7.91. The van der Waals surface area contributed by atoms with Gasteiger partial charge in [-0.05, 0) is 58.4 Å². The summed E-state index contributed by atoms with van der Waals surface area (Å²) in [7, 11) is 0. The molecule has 1 N–H and O–H groups in total. The Morgan fingerprint density at radius 1 is 1.26 bits per heavy atom. The normalized spacial score (nSPS) is 39.7. The molecule has 19 heavy (non-hydrogen) atoms. The van der Waals surface area contributed by atoms with Crippen molar-refractivity contribution in [2.45, 2.75) is 69.6 Å². The molecule has 3 unspecified atom stereocenters. The van der Waals surface area contributed by atoms with Crippen LogP contribution < -0.4 is 5.32 Å². The first-order valence-electron chi connectivity index (χ1n) is 7.89. The van der Waals surface area contributed by atoms with Crippen LogP contribution in [-0.2, 0) is 9.53 Å². The molecule has 3 saturated heterocycles. The standard InChI is InChI=1S/C15H26N2O2/c1-15(8-5-11-19-15)14(18)17-10-3-2-7-13(17)12-6-4-9-16-12/h12-13,16H,2-11H2,1H3. The lowest BCUT2D eigenvalue weighted by Crippen LogP contribution is -2.57. The molecule has 3 aliphatic rings. The zero-order chi connectivity index (χ0) is 13.3. The Morgan fingerprint density at radius 3 is 2.84 bits per heavy atom. The van der Waals surface area contributed by atoms with Crippen molar-refractivity contribution < 1.29 is 9.53 Å². The molecule has 4 nitrogen and oxygen atoms in total. The fourth-order valence-electron chi connectivity index (χ4n) is 3.92. The third kappa shape index (κ3) is 2.52. The number of carbonyl (C=O) groups excluding carboxylic acids is 1. The van der Waals surface area contributed by atoms with Gasteiger partial charge in [0.25, 0.3) is 5.91 Å². The van der Waals surface area contributed by atoms with E-state index in [0.717, 1.165) is 45.4 Å². The first-order valence-corrected chi connectivity index (χ1v) is 7.89. The van der Waals surface area contributed by atoms with Gasteiger partial charge < -0.3 is 15.0 Å². The summed E-state index contributed by atoms with van der Waals surface area (Å²) in [6.45, 7) is 4.75. The van der Waals surface area contributed by atoms with Gasteiger partial charge >= 0.3 is 0 Å². The van der Waals surface area contributed by atoms with Crippen molar-refractivity contribution in [2.24, 2.45) is 0 Å². The van der Waals surface area contributed by atoms with Crippen LogP contribution >= 0.6 is 0 Å². The maximum Gasteiger partial charge on any atom is 0.254 e. The third-order valence-corrected chi connectivity index (χ3v) is 5.04. The van der Waals surface area contributed by atoms with Crippen LogP contribution in [0.15, 0.2) is 0 Å². The molecule has 3 aliphatic heterocycles. The average molecular weight is 266 g/mol. The van der Waals surface area contributed by atoms with Crippen molar-refractivity contribution in [3.63, 3.8) is 0 Å². The Hall–Kier alpha value is -0.610. The van der Waals surface area contributed by atoms with E-state index in [4.69, 9.17) is 4.74 Å². The maximum absolute atomic E-state index is 12.9. The molecule has 0 aromatic rings. The van der Waals surface area contributed by atoms with E-state index in [1.165, 1.54) is 19.3 Å². The molecule has 3 fully saturated rings. The van der Waals surface area contributed by atoms with Crippen LogP contribution in [0.4, 0.5) is 0 Å². The van der Waals surface area contributed by atoms with Gasteiger partial charge in [0.1, 0.15) is 5.60 Å². The van der Waals surface area contributed by atoms with Crippen LogP contribution in [0.5, 0.6) is 0 Å². The van der Waals surface area contributed by atoms with Crippen molar-refractivity contribution in [3.8, 4) is 0 Å². The second-order valence-corrected chi connectivity index (χ2v) is 6.45. The largest absolute Gasteiger partial charge is 0.365 e. The molecule has 108 valence electrons. The molecule has 0 aromatic heterocycles. The first kappa shape index (κ1) is 13.4. The fraction of sp³-hybridized carbons (Fsp3) is 0.933. The van der Waals surface area contributed by atoms with E-state index in [1.807, 2.05) is 6.92 Å². The lowest BCUT2D eigenvalue weighted by Gasteiger charge is -2.42. The Kier molecular flexibility index (Phi) is 3.81. The number of amides is 1. The summed E-state index contributed by atoms with van der Waals surface area (Å²) in [5.74, 6) is 0.239. The van der Waals surface area contributed by atoms with E-state index in [9.17, 15) is 4.79 Å². The first-order chi connectivity index (χ1) is 9.21. The molecule has 0 spiro atoms. The number of carbonyl (C=O) groups is 1. The zero-order valence-corrected chi connectivity index (χ0v) is 12.0. The summed E-state index contributed by atoms with van der Waals surface area (Å²) in [5.41, 5.74) is -0.547. The number of hydrogen-bond donors (Lipinski definition) is 1. The molecule has 3 atom stereocenters. The van der Waals surface area contributed by atoms with Crippen molar-refractivity contribution in [1.29, 1.82) is 0 Å². The van der Waals surface area contributed by atoms with Gasteiger partial charge in [0.15, 0.2) is 0 Å². The van der Waals surface area contributed by atoms with Gasteiger partial charge in [-0.1, -0.05) is 0 Å². The second-order valence-electron chi connectivity index (χ2n) is 6.45. The van der Waals surface area contributed by atoms with E-state index >= 15 is 0 Å². The maximum atomic E-state index is 12.9. The second kappa shape index (κ2) is 5.41. The highest BCUT2D eigenvalue weighted by Gasteiger charge is 2.44. The molecule has 3 heterocycles. The predicted molar refractivity (Wildman–Crippen MR) is 74.0 cm³/mol. The van der Waals surface area contributed by atoms with Crippen molar-refractivity contribution in [1.82, 2.24) is 10.2 Å². The number of nitrogens with one attached hydrogen (secondary N) is 1. The van der Waals surface area contributed by atoms with Gasteiger partial charge in [0, 0.05) is 25.2 Å². The minimum atomic E-state index is -0.547. The number of piperidine rings is 1. The lowest BCUT2D eigenvalue weighted by atomic mass is 9.91. The van der Waals surface area contributed by atoms with Crippen LogP contribution in [0.1, 0.15) is 51.9 Å². The van der Waals surface area contributed by atoms with E-state index in [2.05, 4.69) is 10.2 Å². The Labute approximate surface area is 115 Å². The minimum Gasteiger partial charge on any atom is -0.365 e. The van der Waals surface area contributed by atoms with Gasteiger partial charge in [0.2, 0.25) is 0 Å². The number of ether oxygens (including phenoxy) is 1. The SMILES string of the molecule is CC1(C(=O)N2CCCCC2C2CCCN2)CCCO1. The van der Waals surface area contributed by atoms with Crippen LogP contribution in [0.25, 0.3) is 0 Å². The molecule has 0 bridgehead atoms. The van der Waals surface area contributed by atoms with Crippen molar-refractivity contribution in [3.05, 3.63) is 0 Å². The molecular formula is C15H26N2O2. The molecular weight excluding hydrogens is 240 g/mol. The van der Waals surface area contributed by atoms with Crippen LogP contribution in [0.3, 0.4) is 0 Å². The summed E-state index contributed by atoms with van der Waals surface area (Å²) in [6, 6.07) is 0.902. The highest BCUT2D eigenvalue weighted by atomic mass is 16.5. The molecule has 4 heteroatoms. The van der Waals surface area contributed by atoms with Gasteiger partial charge in [-0.2, -0.15) is 0 Å². The van der Waals surface area contributed by atoms with Gasteiger partial charge in [0.05, 0.1) is 0 Å². The quantitative estimate of drug-likeness (QED) is 0.827. The Bertz CT molecular complexity index is 333. The van der Waals surface area contributed by atoms with Gasteiger partial charge in [-0.25, -0.2) is 0 Å². The summed E-state index contributed by atoms with van der Waals surface area (Å²) >= 11 is 0. The van der Waals surface area contributed by atoms with Crippen molar-refractivity contribution >= 4 is 5.91 Å². The fourth-order valence-corrected chi connectivity index (χ4v) is 3.92. The number of hydrogen-bond acceptors (Lipinski definition) is 3. The molecule has 1 amide bonds. The zero-order valence-electron chi connectivity index (χ0n) is 12.0. The lowest BCUT2D eigenvalue weighted by molar-refractivity contribution is -0.155. The summed E-state index contributed by atoms with van der Waals surface area (Å²) < 4.78 is 5.75. The minimum absolute atomic E-state index is 0.239. The third-order valence-electron chi connectivity index (χ3n) is 5.04. The smallest absolute Gasteiger partial charge is 0.254 e. The predicted octanol–water partition coefficient (Wildman–Crippen LogP) is 1.69. The highest BCUT2D eigenvalue weighted by Crippen LogP contribution is 2.32. The van der Waals surface area contributed by atoms with Crippen LogP contribution in [0, 0.1) is 0 Å². The van der Waals surface area contributed by atoms with Crippen molar-refractivity contribution in [2.75, 3.05) is 19.7 Å². The van der Waals surface area contributed by atoms with E-state index in [-0.39, 0.29) is 5.91 Å². The summed E-state index contributed by atoms with van der Waals surface area (Å²) in [4.78, 5) is 15.0. The van der Waals surface area contributed by atoms with Crippen LogP contribution in [0.2, 0.25) is 0 Å². The van der Waals surface area contributed by atoms with E-state index in [1.54, 1.807) is 0 Å². The number of nitrogens with zero attached hydrogens (tertiary/aromatic N) is 1. The van der Waals surface area contributed by atoms with Crippen LogP contribution in [-0.4, -0.2) is 48.2 Å². The number of likely N-dealkylation sites (tertiary alicyclic amines) is 1. The topological polar surface area (TPSA) is 41.6 Å². The molecule has 0 saturated carbocycles. The molecule has 0 aromatic carbocycles. The number of rotatable bonds is 2. The van der Waals surface area contributed by atoms with Gasteiger partial charge in [-0.15, -0.1) is 0 Å². The molecule has 3 rings (SSSR count). The Morgan fingerprint density at radius 2 is 2.16 bits per heavy atom. The monoisotopic (exact) mass is 266 g/mol. The average Bonchev–Trinajstić information content (AvgIpc) is 3.10. The van der Waals surface area contributed by atoms with E-state index in [0.29, 0.717) is 12.1 Å². The highest BCUT2D eigenvalue weighted by molar-refractivity contribution is 5.85. The summed E-state index contributed by atoms with van der Waals surface area (Å²) in [5, 5.41) is 3.58.